The lowest BCUT2D eigenvalue weighted by Gasteiger charge is -2.04. The van der Waals surface area contributed by atoms with Crippen molar-refractivity contribution in [2.75, 3.05) is 11.9 Å². The molecule has 0 aliphatic rings. The second kappa shape index (κ2) is 7.70. The second-order valence-electron chi connectivity index (χ2n) is 5.36. The van der Waals surface area contributed by atoms with Crippen molar-refractivity contribution in [1.82, 2.24) is 4.98 Å². The Morgan fingerprint density at radius 2 is 1.78 bits per heavy atom. The molecule has 0 unspecified atom stereocenters. The number of anilines is 1. The molecule has 3 aromatic rings. The Balaban J connectivity index is 1.57. The van der Waals surface area contributed by atoms with Gasteiger partial charge in [-0.2, -0.15) is 0 Å². The molecule has 0 aliphatic heterocycles. The van der Waals surface area contributed by atoms with Crippen molar-refractivity contribution in [3.8, 4) is 0 Å². The van der Waals surface area contributed by atoms with Crippen LogP contribution in [0, 0.1) is 23.3 Å². The van der Waals surface area contributed by atoms with E-state index in [9.17, 15) is 27.2 Å². The molecule has 0 atom stereocenters. The average molecular weight is 398 g/mol. The van der Waals surface area contributed by atoms with Gasteiger partial charge in [0.25, 0.3) is 5.91 Å². The van der Waals surface area contributed by atoms with E-state index in [2.05, 4.69) is 10.3 Å². The van der Waals surface area contributed by atoms with Crippen LogP contribution in [0.2, 0.25) is 0 Å². The van der Waals surface area contributed by atoms with Gasteiger partial charge in [0.1, 0.15) is 11.3 Å². The van der Waals surface area contributed by atoms with Crippen molar-refractivity contribution in [3.05, 3.63) is 59.2 Å². The predicted molar refractivity (Wildman–Crippen MR) is 89.2 cm³/mol. The lowest BCUT2D eigenvalue weighted by Crippen LogP contribution is -2.21. The van der Waals surface area contributed by atoms with E-state index in [1.54, 1.807) is 0 Å². The Kier molecular flexibility index (Phi) is 5.36. The molecule has 0 saturated heterocycles. The summed E-state index contributed by atoms with van der Waals surface area (Å²) in [6, 6.07) is 5.96. The summed E-state index contributed by atoms with van der Waals surface area (Å²) in [5.74, 6) is -6.39. The van der Waals surface area contributed by atoms with E-state index in [-0.39, 0.29) is 16.3 Å². The molecule has 1 N–H and O–H groups in total. The minimum absolute atomic E-state index is 0.00926. The number of hydrogen-bond acceptors (Lipinski definition) is 5. The van der Waals surface area contributed by atoms with Gasteiger partial charge in [0.15, 0.2) is 29.2 Å². The summed E-state index contributed by atoms with van der Waals surface area (Å²) in [5.41, 5.74) is 0.0926. The van der Waals surface area contributed by atoms with Gasteiger partial charge < -0.3 is 4.74 Å². The molecule has 0 radical (unpaired) electrons. The maximum atomic E-state index is 13.6. The zero-order valence-electron chi connectivity index (χ0n) is 13.4. The molecule has 2 aromatic carbocycles. The van der Waals surface area contributed by atoms with E-state index in [0.717, 1.165) is 17.4 Å². The van der Waals surface area contributed by atoms with Crippen molar-refractivity contribution >= 4 is 38.6 Å². The maximum absolute atomic E-state index is 13.6. The number of nitrogens with one attached hydrogen (secondary N) is 1. The third kappa shape index (κ3) is 4.40. The largest absolute Gasteiger partial charge is 0.455 e. The molecule has 10 heteroatoms. The zero-order valence-corrected chi connectivity index (χ0v) is 14.2. The van der Waals surface area contributed by atoms with Crippen LogP contribution in [0.4, 0.5) is 22.7 Å². The van der Waals surface area contributed by atoms with Gasteiger partial charge in [-0.25, -0.2) is 22.5 Å². The first kappa shape index (κ1) is 18.8. The first-order chi connectivity index (χ1) is 12.8. The van der Waals surface area contributed by atoms with Crippen LogP contribution in [-0.2, 0) is 20.7 Å². The topological polar surface area (TPSA) is 68.3 Å². The predicted octanol–water partition coefficient (Wildman–Crippen LogP) is 3.58. The molecule has 0 spiro atoms. The van der Waals surface area contributed by atoms with Gasteiger partial charge in [-0.05, 0) is 23.8 Å². The Hall–Kier alpha value is -3.01. The molecule has 0 fully saturated rings. The first-order valence-electron chi connectivity index (χ1n) is 7.47. The summed E-state index contributed by atoms with van der Waals surface area (Å²) in [5, 5.41) is 2.15. The number of thiazole rings is 1. The number of carbonyl (C=O) groups excluding carboxylic acids is 2. The summed E-state index contributed by atoms with van der Waals surface area (Å²) in [7, 11) is 0. The Morgan fingerprint density at radius 3 is 2.48 bits per heavy atom. The minimum atomic E-state index is -1.65. The number of rotatable bonds is 5. The van der Waals surface area contributed by atoms with Crippen LogP contribution in [0.1, 0.15) is 5.56 Å². The van der Waals surface area contributed by atoms with Crippen LogP contribution in [0.5, 0.6) is 0 Å². The number of amides is 1. The van der Waals surface area contributed by atoms with E-state index in [1.165, 1.54) is 24.3 Å². The van der Waals surface area contributed by atoms with E-state index >= 15 is 0 Å². The Bertz CT molecular complexity index is 1020. The highest BCUT2D eigenvalue weighted by Crippen LogP contribution is 2.30. The standard InChI is InChI=1S/C17H10F4N2O3S/c18-9-3-1-8(2-4-9)5-13(25)26-7-12(24)22-17-23-16-11(27-17)6-10(19)14(20)15(16)21/h1-4,6H,5,7H2,(H,22,23,24). The highest BCUT2D eigenvalue weighted by molar-refractivity contribution is 7.22. The SMILES string of the molecule is O=C(COC(=O)Cc1ccc(F)cc1)Nc1nc2c(F)c(F)c(F)cc2s1. The number of carbonyl (C=O) groups is 2. The maximum Gasteiger partial charge on any atom is 0.310 e. The van der Waals surface area contributed by atoms with Crippen molar-refractivity contribution < 1.29 is 31.9 Å². The first-order valence-corrected chi connectivity index (χ1v) is 8.29. The minimum Gasteiger partial charge on any atom is -0.455 e. The van der Waals surface area contributed by atoms with Crippen LogP contribution >= 0.6 is 11.3 Å². The number of aromatic nitrogens is 1. The molecule has 1 aromatic heterocycles. The normalized spacial score (nSPS) is 10.8. The molecule has 1 heterocycles. The summed E-state index contributed by atoms with van der Waals surface area (Å²) in [6.07, 6.45) is -0.154. The highest BCUT2D eigenvalue weighted by atomic mass is 32.1. The van der Waals surface area contributed by atoms with Crippen molar-refractivity contribution in [3.63, 3.8) is 0 Å². The summed E-state index contributed by atoms with van der Waals surface area (Å²) in [6.45, 7) is -0.638. The van der Waals surface area contributed by atoms with Gasteiger partial charge in [0.2, 0.25) is 0 Å². The third-order valence-electron chi connectivity index (χ3n) is 3.39. The fraction of sp³-hybridized carbons (Fsp3) is 0.118. The van der Waals surface area contributed by atoms with Gasteiger partial charge in [-0.15, -0.1) is 0 Å². The number of esters is 1. The molecular weight excluding hydrogens is 388 g/mol. The van der Waals surface area contributed by atoms with Gasteiger partial charge in [-0.3, -0.25) is 14.9 Å². The van der Waals surface area contributed by atoms with Crippen molar-refractivity contribution in [1.29, 1.82) is 0 Å². The second-order valence-corrected chi connectivity index (χ2v) is 6.39. The van der Waals surface area contributed by atoms with Crippen LogP contribution in [-0.4, -0.2) is 23.5 Å². The number of fused-ring (bicyclic) bond motifs is 1. The number of nitrogens with zero attached hydrogens (tertiary/aromatic N) is 1. The molecule has 0 aliphatic carbocycles. The summed E-state index contributed by atoms with van der Waals surface area (Å²) < 4.78 is 57.6. The van der Waals surface area contributed by atoms with Crippen LogP contribution in [0.15, 0.2) is 30.3 Å². The number of benzene rings is 2. The molecular formula is C17H10F4N2O3S. The fourth-order valence-electron chi connectivity index (χ4n) is 2.15. The average Bonchev–Trinajstić information content (AvgIpc) is 3.02. The molecule has 3 rings (SSSR count). The summed E-state index contributed by atoms with van der Waals surface area (Å²) >= 11 is 0.735. The quantitative estimate of drug-likeness (QED) is 0.405. The number of hydrogen-bond donors (Lipinski definition) is 1. The van der Waals surface area contributed by atoms with Crippen molar-refractivity contribution in [2.45, 2.75) is 6.42 Å². The molecule has 5 nitrogen and oxygen atoms in total. The lowest BCUT2D eigenvalue weighted by molar-refractivity contribution is -0.146. The number of ether oxygens (including phenoxy) is 1. The van der Waals surface area contributed by atoms with E-state index in [4.69, 9.17) is 4.74 Å². The lowest BCUT2D eigenvalue weighted by atomic mass is 10.1. The third-order valence-corrected chi connectivity index (χ3v) is 4.31. The van der Waals surface area contributed by atoms with E-state index in [1.807, 2.05) is 0 Å². The Labute approximate surface area is 153 Å². The molecule has 1 amide bonds. The van der Waals surface area contributed by atoms with Gasteiger partial charge >= 0.3 is 5.97 Å². The van der Waals surface area contributed by atoms with E-state index < -0.39 is 47.3 Å². The molecule has 27 heavy (non-hydrogen) atoms. The van der Waals surface area contributed by atoms with Gasteiger partial charge in [0.05, 0.1) is 11.1 Å². The summed E-state index contributed by atoms with van der Waals surface area (Å²) in [4.78, 5) is 27.2. The molecule has 0 saturated carbocycles. The van der Waals surface area contributed by atoms with Crippen LogP contribution in [0.25, 0.3) is 10.2 Å². The van der Waals surface area contributed by atoms with Gasteiger partial charge in [0, 0.05) is 0 Å². The van der Waals surface area contributed by atoms with Crippen LogP contribution in [0.3, 0.4) is 0 Å². The van der Waals surface area contributed by atoms with Crippen molar-refractivity contribution in [2.24, 2.45) is 0 Å². The fourth-order valence-corrected chi connectivity index (χ4v) is 3.05. The van der Waals surface area contributed by atoms with E-state index in [0.29, 0.717) is 5.56 Å². The number of halogens is 4. The smallest absolute Gasteiger partial charge is 0.310 e. The Morgan fingerprint density at radius 1 is 1.07 bits per heavy atom. The monoisotopic (exact) mass is 398 g/mol. The zero-order chi connectivity index (χ0) is 19.6. The van der Waals surface area contributed by atoms with Crippen LogP contribution < -0.4 is 5.32 Å². The molecule has 0 bridgehead atoms. The highest BCUT2D eigenvalue weighted by Gasteiger charge is 2.18. The van der Waals surface area contributed by atoms with Gasteiger partial charge in [-0.1, -0.05) is 23.5 Å². The molecule has 140 valence electrons.